The lowest BCUT2D eigenvalue weighted by Gasteiger charge is -2.60. The molecule has 0 amide bonds. The van der Waals surface area contributed by atoms with Crippen molar-refractivity contribution in [3.05, 3.63) is 28.0 Å². The van der Waals surface area contributed by atoms with Gasteiger partial charge in [-0.2, -0.15) is 0 Å². The number of carbonyl (C=O) groups is 1. The molecule has 4 aliphatic heterocycles. The van der Waals surface area contributed by atoms with Crippen molar-refractivity contribution < 1.29 is 9.28 Å². The van der Waals surface area contributed by atoms with E-state index in [9.17, 15) is 4.79 Å². The van der Waals surface area contributed by atoms with Crippen LogP contribution in [0.5, 0.6) is 0 Å². The quantitative estimate of drug-likeness (QED) is 0.613. The van der Waals surface area contributed by atoms with Gasteiger partial charge in [0.2, 0.25) is 5.78 Å². The molecule has 5 heterocycles. The average molecular weight is 329 g/mol. The second-order valence-corrected chi connectivity index (χ2v) is 7.11. The molecule has 0 N–H and O–H groups in total. The van der Waals surface area contributed by atoms with Crippen LogP contribution in [-0.2, 0) is 0 Å². The predicted molar refractivity (Wildman–Crippen MR) is 78.4 cm³/mol. The Morgan fingerprint density at radius 3 is 2.24 bits per heavy atom. The molecule has 0 aliphatic carbocycles. The fraction of sp³-hybridized carbons (Fsp3) is 0.538. The number of hydrogen-bond donors (Lipinski definition) is 0. The van der Waals surface area contributed by atoms with E-state index < -0.39 is 0 Å². The molecule has 4 bridgehead atoms. The smallest absolute Gasteiger partial charge is 0.236 e. The zero-order valence-corrected chi connectivity index (χ0v) is 13.0. The summed E-state index contributed by atoms with van der Waals surface area (Å²) in [6, 6.07) is 1.58. The Labute approximate surface area is 133 Å². The van der Waals surface area contributed by atoms with Crippen molar-refractivity contribution in [1.29, 1.82) is 0 Å². The number of carbonyl (C=O) groups excluding carboxylic acids is 1. The zero-order chi connectivity index (χ0) is 14.6. The number of rotatable bonds is 3. The highest BCUT2D eigenvalue weighted by molar-refractivity contribution is 6.36. The lowest BCUT2D eigenvalue weighted by atomic mass is 10.2. The van der Waals surface area contributed by atoms with E-state index in [1.807, 2.05) is 0 Å². The topological polar surface area (TPSA) is 39.7 Å². The Kier molecular flexibility index (Phi) is 3.22. The number of pyridine rings is 1. The summed E-state index contributed by atoms with van der Waals surface area (Å²) in [5, 5.41) is 0.784. The van der Waals surface area contributed by atoms with E-state index in [4.69, 9.17) is 23.2 Å². The summed E-state index contributed by atoms with van der Waals surface area (Å²) in [6.45, 7) is 6.20. The van der Waals surface area contributed by atoms with Crippen LogP contribution in [0.2, 0.25) is 10.0 Å². The molecule has 0 saturated carbocycles. The fourth-order valence-corrected chi connectivity index (χ4v) is 4.29. The molecule has 4 aliphatic rings. The highest BCUT2D eigenvalue weighted by Gasteiger charge is 2.49. The first-order chi connectivity index (χ1) is 10.0. The molecule has 1 aromatic heterocycles. The molecule has 8 heteroatoms. The van der Waals surface area contributed by atoms with Crippen molar-refractivity contribution in [2.45, 2.75) is 0 Å². The Hall–Kier alpha value is -0.760. The van der Waals surface area contributed by atoms with E-state index >= 15 is 0 Å². The first kappa shape index (κ1) is 13.9. The van der Waals surface area contributed by atoms with Crippen LogP contribution in [0.1, 0.15) is 10.5 Å². The van der Waals surface area contributed by atoms with Crippen LogP contribution in [0, 0.1) is 0 Å². The second kappa shape index (κ2) is 4.87. The molecule has 1 aromatic rings. The predicted octanol–water partition coefficient (Wildman–Crippen LogP) is 1.08. The van der Waals surface area contributed by atoms with Gasteiger partial charge in [-0.25, -0.2) is 19.7 Å². The van der Waals surface area contributed by atoms with Crippen molar-refractivity contribution in [3.8, 4) is 0 Å². The second-order valence-electron chi connectivity index (χ2n) is 6.27. The first-order valence-electron chi connectivity index (χ1n) is 6.89. The van der Waals surface area contributed by atoms with Crippen LogP contribution in [0.25, 0.3) is 0 Å². The van der Waals surface area contributed by atoms with E-state index in [1.165, 1.54) is 6.20 Å². The number of halogens is 2. The van der Waals surface area contributed by atoms with Crippen molar-refractivity contribution in [1.82, 2.24) is 19.7 Å². The summed E-state index contributed by atoms with van der Waals surface area (Å²) in [7, 11) is 0. The summed E-state index contributed by atoms with van der Waals surface area (Å²) < 4.78 is 0.749. The Morgan fingerprint density at radius 2 is 1.71 bits per heavy atom. The van der Waals surface area contributed by atoms with Gasteiger partial charge in [0.15, 0.2) is 0 Å². The van der Waals surface area contributed by atoms with Gasteiger partial charge in [-0.15, -0.1) is 0 Å². The highest BCUT2D eigenvalue weighted by atomic mass is 35.5. The average Bonchev–Trinajstić information content (AvgIpc) is 2.35. The van der Waals surface area contributed by atoms with Gasteiger partial charge in [-0.05, 0) is 6.07 Å². The number of ketones is 1. The molecular formula is C13H16Cl2N5O+. The van der Waals surface area contributed by atoms with Gasteiger partial charge >= 0.3 is 0 Å². The fourth-order valence-electron chi connectivity index (χ4n) is 3.81. The molecule has 5 rings (SSSR count). The number of nitrogens with zero attached hydrogens (tertiary/aromatic N) is 5. The summed E-state index contributed by atoms with van der Waals surface area (Å²) in [6.07, 6.45) is 1.48. The lowest BCUT2D eigenvalue weighted by Crippen LogP contribution is -2.79. The van der Waals surface area contributed by atoms with Gasteiger partial charge in [0, 0.05) is 6.20 Å². The summed E-state index contributed by atoms with van der Waals surface area (Å²) in [4.78, 5) is 23.8. The molecule has 4 saturated heterocycles. The van der Waals surface area contributed by atoms with Gasteiger partial charge in [0.05, 0.1) is 30.1 Å². The minimum atomic E-state index is -0.0118. The third kappa shape index (κ3) is 2.46. The van der Waals surface area contributed by atoms with E-state index in [0.717, 1.165) is 44.5 Å². The van der Waals surface area contributed by atoms with Crippen LogP contribution in [-0.4, -0.2) is 76.5 Å². The minimum Gasteiger partial charge on any atom is -0.286 e. The van der Waals surface area contributed by atoms with Gasteiger partial charge in [0.25, 0.3) is 0 Å². The van der Waals surface area contributed by atoms with Crippen LogP contribution in [0.15, 0.2) is 12.3 Å². The standard InChI is InChI=1S/C13H16Cl2N5O/c14-10-1-11(15)13(16-2-10)12(21)3-20-7-17-4-18(8-20)6-19(5-17)9-20/h1-2H,3-9H2/q+1. The normalized spacial score (nSPS) is 37.0. The molecule has 0 unspecified atom stereocenters. The third-order valence-electron chi connectivity index (χ3n) is 4.25. The van der Waals surface area contributed by atoms with Crippen molar-refractivity contribution >= 4 is 29.0 Å². The SMILES string of the molecule is O=C(C[N+]12CN3CN(CN(C3)C1)C2)c1ncc(Cl)cc1Cl. The maximum Gasteiger partial charge on any atom is 0.236 e. The van der Waals surface area contributed by atoms with Gasteiger partial charge in [-0.3, -0.25) is 9.28 Å². The number of aromatic nitrogens is 1. The largest absolute Gasteiger partial charge is 0.286 e. The van der Waals surface area contributed by atoms with E-state index in [2.05, 4.69) is 19.7 Å². The van der Waals surface area contributed by atoms with Gasteiger partial charge in [-0.1, -0.05) is 23.2 Å². The van der Waals surface area contributed by atoms with Crippen LogP contribution in [0.3, 0.4) is 0 Å². The molecule has 0 spiro atoms. The van der Waals surface area contributed by atoms with Crippen molar-refractivity contribution in [2.24, 2.45) is 0 Å². The Morgan fingerprint density at radius 1 is 1.14 bits per heavy atom. The molecule has 6 nitrogen and oxygen atoms in total. The Bertz CT molecular complexity index is 573. The van der Waals surface area contributed by atoms with Crippen LogP contribution in [0.4, 0.5) is 0 Å². The molecule has 112 valence electrons. The zero-order valence-electron chi connectivity index (χ0n) is 11.5. The minimum absolute atomic E-state index is 0.0118. The monoisotopic (exact) mass is 328 g/mol. The molecular weight excluding hydrogens is 313 g/mol. The summed E-state index contributed by atoms with van der Waals surface area (Å²) >= 11 is 11.9. The number of quaternary nitrogens is 1. The van der Waals surface area contributed by atoms with E-state index in [0.29, 0.717) is 22.3 Å². The lowest BCUT2D eigenvalue weighted by molar-refractivity contribution is -0.973. The highest BCUT2D eigenvalue weighted by Crippen LogP contribution is 2.29. The maximum absolute atomic E-state index is 12.6. The first-order valence-corrected chi connectivity index (χ1v) is 7.65. The molecule has 21 heavy (non-hydrogen) atoms. The van der Waals surface area contributed by atoms with Crippen molar-refractivity contribution in [2.75, 3.05) is 46.6 Å². The van der Waals surface area contributed by atoms with Gasteiger partial charge in [0.1, 0.15) is 32.2 Å². The van der Waals surface area contributed by atoms with E-state index in [-0.39, 0.29) is 5.78 Å². The number of Topliss-reactive ketones (excluding diaryl/α,β-unsaturated/α-hetero) is 1. The van der Waals surface area contributed by atoms with Crippen molar-refractivity contribution in [3.63, 3.8) is 0 Å². The Balaban J connectivity index is 1.57. The van der Waals surface area contributed by atoms with Crippen LogP contribution < -0.4 is 0 Å². The summed E-state index contributed by atoms with van der Waals surface area (Å²) in [5.41, 5.74) is 0.329. The molecule has 4 fully saturated rings. The maximum atomic E-state index is 12.6. The molecule has 0 radical (unpaired) electrons. The summed E-state index contributed by atoms with van der Waals surface area (Å²) in [5.74, 6) is -0.0118. The number of hydrogen-bond acceptors (Lipinski definition) is 5. The molecule has 0 atom stereocenters. The third-order valence-corrected chi connectivity index (χ3v) is 4.75. The van der Waals surface area contributed by atoms with Gasteiger partial charge < -0.3 is 0 Å². The van der Waals surface area contributed by atoms with E-state index in [1.54, 1.807) is 6.07 Å². The van der Waals surface area contributed by atoms with Crippen LogP contribution >= 0.6 is 23.2 Å². The molecule has 0 aromatic carbocycles.